The van der Waals surface area contributed by atoms with Crippen molar-refractivity contribution in [3.8, 4) is 17.2 Å². The lowest BCUT2D eigenvalue weighted by molar-refractivity contribution is -0.137. The van der Waals surface area contributed by atoms with Crippen LogP contribution in [0.25, 0.3) is 0 Å². The molecular formula is C31H42ClN5O7S. The fourth-order valence-corrected chi connectivity index (χ4v) is 4.81. The van der Waals surface area contributed by atoms with Crippen LogP contribution in [0.5, 0.6) is 17.2 Å². The normalized spacial score (nSPS) is 14.5. The molecule has 3 rings (SSSR count). The largest absolute Gasteiger partial charge is 0.493 e. The first kappa shape index (κ1) is 35.7. The Morgan fingerprint density at radius 3 is 2.62 bits per heavy atom. The number of aliphatic imine (C=N–C) groups is 1. The first-order valence-electron chi connectivity index (χ1n) is 14.8. The van der Waals surface area contributed by atoms with Crippen molar-refractivity contribution in [3.63, 3.8) is 0 Å². The van der Waals surface area contributed by atoms with E-state index < -0.39 is 24.8 Å². The van der Waals surface area contributed by atoms with Crippen molar-refractivity contribution in [2.45, 2.75) is 52.7 Å². The van der Waals surface area contributed by atoms with Crippen LogP contribution in [0, 0.1) is 13.8 Å². The SMILES string of the molecule is CCN=COc1cc(N(C(=O)NCCCOc2ccc(C)cc2C)N(CC(=O)O)C(=S)N(C)C)cc(Cl)c1OC1CCCCO1. The molecule has 2 aromatic carbocycles. The number of benzene rings is 2. The summed E-state index contributed by atoms with van der Waals surface area (Å²) >= 11 is 12.3. The van der Waals surface area contributed by atoms with Crippen LogP contribution in [0.4, 0.5) is 10.5 Å². The van der Waals surface area contributed by atoms with Gasteiger partial charge in [-0.05, 0) is 69.9 Å². The van der Waals surface area contributed by atoms with Crippen molar-refractivity contribution in [2.75, 3.05) is 52.0 Å². The van der Waals surface area contributed by atoms with E-state index in [4.69, 9.17) is 42.8 Å². The van der Waals surface area contributed by atoms with E-state index >= 15 is 0 Å². The maximum atomic E-state index is 13.8. The number of anilines is 1. The number of carboxylic acids is 1. The van der Waals surface area contributed by atoms with Gasteiger partial charge < -0.3 is 34.3 Å². The molecule has 1 heterocycles. The summed E-state index contributed by atoms with van der Waals surface area (Å²) < 4.78 is 23.5. The molecule has 2 N–H and O–H groups in total. The van der Waals surface area contributed by atoms with Crippen molar-refractivity contribution in [3.05, 3.63) is 46.5 Å². The highest BCUT2D eigenvalue weighted by atomic mass is 35.5. The number of halogens is 1. The molecule has 12 nitrogen and oxygen atoms in total. The Kier molecular flexibility index (Phi) is 14.0. The van der Waals surface area contributed by atoms with E-state index in [1.165, 1.54) is 28.4 Å². The average Bonchev–Trinajstić information content (AvgIpc) is 2.99. The van der Waals surface area contributed by atoms with Gasteiger partial charge in [0.05, 0.1) is 23.9 Å². The van der Waals surface area contributed by atoms with Gasteiger partial charge in [0.25, 0.3) is 0 Å². The van der Waals surface area contributed by atoms with E-state index in [0.29, 0.717) is 32.6 Å². The lowest BCUT2D eigenvalue weighted by atomic mass is 10.1. The van der Waals surface area contributed by atoms with Gasteiger partial charge in [0.15, 0.2) is 29.3 Å². The number of nitrogens with one attached hydrogen (secondary N) is 1. The average molecular weight is 664 g/mol. The topological polar surface area (TPSA) is 125 Å². The third kappa shape index (κ3) is 10.6. The summed E-state index contributed by atoms with van der Waals surface area (Å²) in [5, 5.41) is 15.1. The third-order valence-corrected chi connectivity index (χ3v) is 7.43. The maximum absolute atomic E-state index is 13.8. The minimum atomic E-state index is -1.20. The standard InChI is InChI=1S/C31H42ClN5O7S/c1-6-33-20-43-26-18-23(17-24(32)29(26)44-28-10-7-8-14-42-28)37(36(19-27(38)39)31(45)35(4)5)30(40)34-13-9-15-41-25-12-11-21(2)16-22(25)3/h11-12,16-18,20,28H,6-10,13-15,19H2,1-5H3,(H,34,40)(H,38,39). The molecule has 0 bridgehead atoms. The molecule has 2 aromatic rings. The number of hydrogen-bond acceptors (Lipinski definition) is 8. The number of hydrogen-bond donors (Lipinski definition) is 2. The van der Waals surface area contributed by atoms with Crippen LogP contribution in [-0.2, 0) is 9.53 Å². The van der Waals surface area contributed by atoms with Gasteiger partial charge in [-0.25, -0.2) is 14.8 Å². The number of carbonyl (C=O) groups excluding carboxylic acids is 1. The molecule has 246 valence electrons. The highest BCUT2D eigenvalue weighted by molar-refractivity contribution is 7.80. The first-order chi connectivity index (χ1) is 21.5. The Labute approximate surface area is 274 Å². The monoisotopic (exact) mass is 663 g/mol. The third-order valence-electron chi connectivity index (χ3n) is 6.57. The number of ether oxygens (including phenoxy) is 4. The fourth-order valence-electron chi connectivity index (χ4n) is 4.42. The molecule has 14 heteroatoms. The molecule has 0 aromatic heterocycles. The van der Waals surface area contributed by atoms with Crippen molar-refractivity contribution < 1.29 is 33.6 Å². The summed E-state index contributed by atoms with van der Waals surface area (Å²) in [5.41, 5.74) is 2.35. The van der Waals surface area contributed by atoms with Crippen LogP contribution < -0.4 is 24.5 Å². The number of rotatable bonds is 13. The molecule has 0 radical (unpaired) electrons. The van der Waals surface area contributed by atoms with Crippen molar-refractivity contribution in [1.29, 1.82) is 0 Å². The molecule has 0 saturated carbocycles. The molecular weight excluding hydrogens is 622 g/mol. The Morgan fingerprint density at radius 1 is 1.20 bits per heavy atom. The van der Waals surface area contributed by atoms with Crippen LogP contribution in [-0.4, -0.2) is 91.8 Å². The summed E-state index contributed by atoms with van der Waals surface area (Å²) in [6.45, 7) is 6.85. The van der Waals surface area contributed by atoms with E-state index in [1.54, 1.807) is 14.1 Å². The molecule has 1 fully saturated rings. The van der Waals surface area contributed by atoms with Gasteiger partial charge in [0, 0.05) is 39.7 Å². The Morgan fingerprint density at radius 2 is 1.98 bits per heavy atom. The van der Waals surface area contributed by atoms with Gasteiger partial charge in [-0.2, -0.15) is 0 Å². The zero-order valence-electron chi connectivity index (χ0n) is 26.4. The van der Waals surface area contributed by atoms with Gasteiger partial charge in [-0.15, -0.1) is 0 Å². The molecule has 1 aliphatic heterocycles. The van der Waals surface area contributed by atoms with Gasteiger partial charge in [-0.3, -0.25) is 9.79 Å². The van der Waals surface area contributed by atoms with Gasteiger partial charge in [0.2, 0.25) is 0 Å². The minimum Gasteiger partial charge on any atom is -0.493 e. The Balaban J connectivity index is 1.91. The molecule has 1 aliphatic rings. The summed E-state index contributed by atoms with van der Waals surface area (Å²) in [5.74, 6) is -0.0634. The van der Waals surface area contributed by atoms with E-state index in [1.807, 2.05) is 39.0 Å². The number of thiocarbonyl (C=S) groups is 1. The highest BCUT2D eigenvalue weighted by Crippen LogP contribution is 2.41. The Hall–Kier alpha value is -3.81. The number of carboxylic acid groups (broad SMARTS) is 1. The quantitative estimate of drug-likeness (QED) is 0.0943. The first-order valence-corrected chi connectivity index (χ1v) is 15.6. The minimum absolute atomic E-state index is 0.0767. The van der Waals surface area contributed by atoms with Crippen LogP contribution in [0.15, 0.2) is 35.3 Å². The molecule has 1 saturated heterocycles. The van der Waals surface area contributed by atoms with Crippen molar-refractivity contribution in [1.82, 2.24) is 15.2 Å². The second-order valence-corrected chi connectivity index (χ2v) is 11.3. The van der Waals surface area contributed by atoms with Gasteiger partial charge in [-0.1, -0.05) is 29.3 Å². The molecule has 0 spiro atoms. The number of aliphatic carboxylic acids is 1. The lowest BCUT2D eigenvalue weighted by Crippen LogP contribution is -2.57. The van der Waals surface area contributed by atoms with Gasteiger partial charge in [0.1, 0.15) is 12.3 Å². The van der Waals surface area contributed by atoms with E-state index in [9.17, 15) is 14.7 Å². The molecule has 0 aliphatic carbocycles. The predicted molar refractivity (Wildman–Crippen MR) is 178 cm³/mol. The molecule has 1 unspecified atom stereocenters. The number of hydrazine groups is 1. The highest BCUT2D eigenvalue weighted by Gasteiger charge is 2.31. The van der Waals surface area contributed by atoms with Crippen molar-refractivity contribution in [2.24, 2.45) is 4.99 Å². The van der Waals surface area contributed by atoms with E-state index in [0.717, 1.165) is 34.7 Å². The smallest absolute Gasteiger partial charge is 0.341 e. The number of aryl methyl sites for hydroxylation is 2. The van der Waals surface area contributed by atoms with Crippen LogP contribution >= 0.6 is 23.8 Å². The van der Waals surface area contributed by atoms with E-state index in [-0.39, 0.29) is 33.9 Å². The van der Waals surface area contributed by atoms with Crippen molar-refractivity contribution >= 4 is 53.0 Å². The van der Waals surface area contributed by atoms with Gasteiger partial charge >= 0.3 is 12.0 Å². The van der Waals surface area contributed by atoms with Crippen LogP contribution in [0.1, 0.15) is 43.7 Å². The summed E-state index contributed by atoms with van der Waals surface area (Å²) in [6, 6.07) is 8.29. The van der Waals surface area contributed by atoms with Crippen LogP contribution in [0.2, 0.25) is 5.02 Å². The number of urea groups is 1. The van der Waals surface area contributed by atoms with E-state index in [2.05, 4.69) is 10.3 Å². The number of carbonyl (C=O) groups is 2. The second kappa shape index (κ2) is 17.6. The zero-order chi connectivity index (χ0) is 32.9. The number of amides is 2. The predicted octanol–water partition coefficient (Wildman–Crippen LogP) is 5.42. The summed E-state index contributed by atoms with van der Waals surface area (Å²) in [7, 11) is 3.31. The second-order valence-electron chi connectivity index (χ2n) is 10.5. The Bertz CT molecular complexity index is 1350. The summed E-state index contributed by atoms with van der Waals surface area (Å²) in [4.78, 5) is 31.4. The zero-order valence-corrected chi connectivity index (χ0v) is 27.9. The molecule has 45 heavy (non-hydrogen) atoms. The lowest BCUT2D eigenvalue weighted by Gasteiger charge is -2.37. The number of nitrogens with zero attached hydrogens (tertiary/aromatic N) is 4. The summed E-state index contributed by atoms with van der Waals surface area (Å²) in [6.07, 6.45) is 3.76. The molecule has 2 amide bonds. The van der Waals surface area contributed by atoms with Crippen LogP contribution in [0.3, 0.4) is 0 Å². The molecule has 1 atom stereocenters. The maximum Gasteiger partial charge on any atom is 0.341 e. The fraction of sp³-hybridized carbons (Fsp3) is 0.484.